The van der Waals surface area contributed by atoms with Crippen molar-refractivity contribution in [2.24, 2.45) is 0 Å². The Morgan fingerprint density at radius 3 is 2.78 bits per heavy atom. The Bertz CT molecular complexity index is 679. The van der Waals surface area contributed by atoms with E-state index >= 15 is 0 Å². The van der Waals surface area contributed by atoms with Crippen LogP contribution in [0, 0.1) is 0 Å². The molecule has 0 aliphatic carbocycles. The first kappa shape index (κ1) is 15.4. The summed E-state index contributed by atoms with van der Waals surface area (Å²) in [6, 6.07) is 12.8. The number of methoxy groups -OCH3 is 1. The van der Waals surface area contributed by atoms with Crippen molar-refractivity contribution < 1.29 is 23.0 Å². The van der Waals surface area contributed by atoms with Crippen LogP contribution in [0.15, 0.2) is 42.5 Å². The van der Waals surface area contributed by atoms with Crippen LogP contribution >= 0.6 is 0 Å². The molecule has 0 amide bonds. The molecule has 0 aromatic heterocycles. The molecule has 0 N–H and O–H groups in total. The molecule has 3 rings (SSSR count). The smallest absolute Gasteiger partial charge is 0.387 e. The first-order valence-electron chi connectivity index (χ1n) is 7.26. The third kappa shape index (κ3) is 3.47. The molecular weight excluding hydrogens is 304 g/mol. The summed E-state index contributed by atoms with van der Waals surface area (Å²) in [5, 5.41) is 0. The van der Waals surface area contributed by atoms with Crippen molar-refractivity contribution in [2.75, 3.05) is 25.2 Å². The maximum absolute atomic E-state index is 12.4. The predicted molar refractivity (Wildman–Crippen MR) is 82.6 cm³/mol. The van der Waals surface area contributed by atoms with E-state index in [9.17, 15) is 8.78 Å². The van der Waals surface area contributed by atoms with E-state index in [0.29, 0.717) is 18.9 Å². The van der Waals surface area contributed by atoms with Gasteiger partial charge in [-0.3, -0.25) is 0 Å². The highest BCUT2D eigenvalue weighted by atomic mass is 19.3. The molecule has 0 saturated heterocycles. The van der Waals surface area contributed by atoms with Crippen LogP contribution in [0.3, 0.4) is 0 Å². The number of benzene rings is 2. The number of ether oxygens (including phenoxy) is 3. The molecule has 0 radical (unpaired) electrons. The number of para-hydroxylation sites is 2. The quantitative estimate of drug-likeness (QED) is 0.840. The van der Waals surface area contributed by atoms with E-state index in [2.05, 4.69) is 9.64 Å². The fourth-order valence-corrected chi connectivity index (χ4v) is 2.62. The van der Waals surface area contributed by atoms with E-state index in [1.165, 1.54) is 13.2 Å². The summed E-state index contributed by atoms with van der Waals surface area (Å²) >= 11 is 0. The molecule has 0 fully saturated rings. The molecule has 1 heterocycles. The molecule has 2 aromatic rings. The van der Waals surface area contributed by atoms with Gasteiger partial charge in [-0.2, -0.15) is 8.78 Å². The van der Waals surface area contributed by atoms with Crippen molar-refractivity contribution in [1.82, 2.24) is 0 Å². The Morgan fingerprint density at radius 1 is 1.17 bits per heavy atom. The highest BCUT2D eigenvalue weighted by Gasteiger charge is 2.18. The normalized spacial score (nSPS) is 13.5. The predicted octanol–water partition coefficient (Wildman–Crippen LogP) is 3.70. The standard InChI is InChI=1S/C17H17F2NO3/c1-21-16-10-12(6-7-15(16)23-17(18)19)11-20-8-9-22-14-5-3-2-4-13(14)20/h2-7,10,17H,8-9,11H2,1H3. The van der Waals surface area contributed by atoms with Crippen LogP contribution in [-0.4, -0.2) is 26.9 Å². The van der Waals surface area contributed by atoms with Crippen LogP contribution in [0.4, 0.5) is 14.5 Å². The monoisotopic (exact) mass is 321 g/mol. The molecule has 23 heavy (non-hydrogen) atoms. The van der Waals surface area contributed by atoms with Gasteiger partial charge < -0.3 is 19.1 Å². The van der Waals surface area contributed by atoms with Crippen LogP contribution in [0.5, 0.6) is 17.2 Å². The number of fused-ring (bicyclic) bond motifs is 1. The highest BCUT2D eigenvalue weighted by molar-refractivity contribution is 5.60. The molecule has 0 spiro atoms. The lowest BCUT2D eigenvalue weighted by Crippen LogP contribution is -2.32. The molecule has 2 aromatic carbocycles. The summed E-state index contributed by atoms with van der Waals surface area (Å²) in [6.45, 7) is -0.873. The average molecular weight is 321 g/mol. The van der Waals surface area contributed by atoms with Crippen LogP contribution in [0.25, 0.3) is 0 Å². The summed E-state index contributed by atoms with van der Waals surface area (Å²) < 4.78 is 40.0. The minimum atomic E-state index is -2.87. The minimum absolute atomic E-state index is 0.0358. The second-order valence-corrected chi connectivity index (χ2v) is 5.10. The molecular formula is C17H17F2NO3. The van der Waals surface area contributed by atoms with Gasteiger partial charge in [0.2, 0.25) is 0 Å². The fraction of sp³-hybridized carbons (Fsp3) is 0.294. The van der Waals surface area contributed by atoms with Gasteiger partial charge in [0.15, 0.2) is 11.5 Å². The zero-order valence-corrected chi connectivity index (χ0v) is 12.7. The van der Waals surface area contributed by atoms with Gasteiger partial charge in [0.05, 0.1) is 19.3 Å². The van der Waals surface area contributed by atoms with Crippen molar-refractivity contribution in [3.63, 3.8) is 0 Å². The van der Waals surface area contributed by atoms with E-state index in [1.54, 1.807) is 12.1 Å². The molecule has 0 bridgehead atoms. The molecule has 6 heteroatoms. The summed E-state index contributed by atoms with van der Waals surface area (Å²) in [7, 11) is 1.43. The number of rotatable bonds is 5. The Morgan fingerprint density at radius 2 is 2.00 bits per heavy atom. The van der Waals surface area contributed by atoms with Gasteiger partial charge in [-0.15, -0.1) is 0 Å². The lowest BCUT2D eigenvalue weighted by Gasteiger charge is -2.31. The number of nitrogens with zero attached hydrogens (tertiary/aromatic N) is 1. The van der Waals surface area contributed by atoms with E-state index in [0.717, 1.165) is 23.5 Å². The Balaban J connectivity index is 1.81. The van der Waals surface area contributed by atoms with Crippen molar-refractivity contribution in [1.29, 1.82) is 0 Å². The minimum Gasteiger partial charge on any atom is -0.493 e. The summed E-state index contributed by atoms with van der Waals surface area (Å²) in [4.78, 5) is 2.18. The van der Waals surface area contributed by atoms with E-state index in [1.807, 2.05) is 24.3 Å². The van der Waals surface area contributed by atoms with Crippen LogP contribution in [0.2, 0.25) is 0 Å². The van der Waals surface area contributed by atoms with E-state index in [-0.39, 0.29) is 5.75 Å². The third-order valence-electron chi connectivity index (χ3n) is 3.64. The van der Waals surface area contributed by atoms with Gasteiger partial charge >= 0.3 is 6.61 Å². The van der Waals surface area contributed by atoms with Crippen molar-refractivity contribution in [2.45, 2.75) is 13.2 Å². The molecule has 0 unspecified atom stereocenters. The van der Waals surface area contributed by atoms with Gasteiger partial charge in [-0.05, 0) is 29.8 Å². The lowest BCUT2D eigenvalue weighted by atomic mass is 10.1. The zero-order valence-electron chi connectivity index (χ0n) is 12.7. The highest BCUT2D eigenvalue weighted by Crippen LogP contribution is 2.34. The van der Waals surface area contributed by atoms with Crippen molar-refractivity contribution >= 4 is 5.69 Å². The van der Waals surface area contributed by atoms with Gasteiger partial charge in [-0.25, -0.2) is 0 Å². The van der Waals surface area contributed by atoms with Crippen LogP contribution in [0.1, 0.15) is 5.56 Å². The maximum Gasteiger partial charge on any atom is 0.387 e. The first-order chi connectivity index (χ1) is 11.2. The molecule has 122 valence electrons. The van der Waals surface area contributed by atoms with E-state index < -0.39 is 6.61 Å². The molecule has 0 atom stereocenters. The Kier molecular flexibility index (Phi) is 4.50. The number of hydrogen-bond donors (Lipinski definition) is 0. The lowest BCUT2D eigenvalue weighted by molar-refractivity contribution is -0.0512. The SMILES string of the molecule is COc1cc(CN2CCOc3ccccc32)ccc1OC(F)F. The van der Waals surface area contributed by atoms with Crippen molar-refractivity contribution in [3.8, 4) is 17.2 Å². The van der Waals surface area contributed by atoms with Crippen LogP contribution < -0.4 is 19.1 Å². The topological polar surface area (TPSA) is 30.9 Å². The largest absolute Gasteiger partial charge is 0.493 e. The molecule has 0 saturated carbocycles. The number of alkyl halides is 2. The van der Waals surface area contributed by atoms with Gasteiger partial charge in [0.1, 0.15) is 12.4 Å². The van der Waals surface area contributed by atoms with Gasteiger partial charge in [-0.1, -0.05) is 18.2 Å². The van der Waals surface area contributed by atoms with Crippen molar-refractivity contribution in [3.05, 3.63) is 48.0 Å². The zero-order chi connectivity index (χ0) is 16.2. The second kappa shape index (κ2) is 6.73. The Hall–Kier alpha value is -2.50. The average Bonchev–Trinajstić information content (AvgIpc) is 2.56. The molecule has 1 aliphatic heterocycles. The summed E-state index contributed by atoms with van der Waals surface area (Å²) in [5.41, 5.74) is 1.96. The van der Waals surface area contributed by atoms with Gasteiger partial charge in [0.25, 0.3) is 0 Å². The maximum atomic E-state index is 12.4. The number of hydrogen-bond acceptors (Lipinski definition) is 4. The van der Waals surface area contributed by atoms with E-state index in [4.69, 9.17) is 9.47 Å². The van der Waals surface area contributed by atoms with Crippen LogP contribution in [-0.2, 0) is 6.54 Å². The molecule has 1 aliphatic rings. The van der Waals surface area contributed by atoms with Gasteiger partial charge in [0, 0.05) is 6.54 Å². The fourth-order valence-electron chi connectivity index (χ4n) is 2.62. The second-order valence-electron chi connectivity index (χ2n) is 5.10. The first-order valence-corrected chi connectivity index (χ1v) is 7.26. The molecule has 4 nitrogen and oxygen atoms in total. The Labute approximate surface area is 133 Å². The number of halogens is 2. The summed E-state index contributed by atoms with van der Waals surface area (Å²) in [5.74, 6) is 1.18. The summed E-state index contributed by atoms with van der Waals surface area (Å²) in [6.07, 6.45) is 0. The third-order valence-corrected chi connectivity index (χ3v) is 3.64. The number of anilines is 1.